The normalized spacial score (nSPS) is 12.1. The number of ether oxygens (including phenoxy) is 2. The molecule has 7 nitrogen and oxygen atoms in total. The second-order valence-corrected chi connectivity index (χ2v) is 7.01. The van der Waals surface area contributed by atoms with Crippen molar-refractivity contribution in [3.8, 4) is 0 Å². The highest BCUT2D eigenvalue weighted by molar-refractivity contribution is 7.92. The molecular weight excluding hydrogens is 358 g/mol. The molecule has 0 radical (unpaired) electrons. The highest BCUT2D eigenvalue weighted by atomic mass is 32.2. The first kappa shape index (κ1) is 19.5. The predicted octanol–water partition coefficient (Wildman–Crippen LogP) is 2.60. The van der Waals surface area contributed by atoms with Crippen molar-refractivity contribution in [3.05, 3.63) is 60.2 Å². The molecule has 1 atom stereocenters. The van der Waals surface area contributed by atoms with E-state index in [2.05, 4.69) is 9.46 Å². The Bertz CT molecular complexity index is 880. The van der Waals surface area contributed by atoms with E-state index >= 15 is 0 Å². The quantitative estimate of drug-likeness (QED) is 0.745. The van der Waals surface area contributed by atoms with Crippen molar-refractivity contribution < 1.29 is 27.5 Å². The highest BCUT2D eigenvalue weighted by Crippen LogP contribution is 2.18. The summed E-state index contributed by atoms with van der Waals surface area (Å²) in [4.78, 5) is 23.8. The van der Waals surface area contributed by atoms with Crippen LogP contribution in [0.5, 0.6) is 0 Å². The molecule has 138 valence electrons. The Morgan fingerprint density at radius 2 is 1.77 bits per heavy atom. The van der Waals surface area contributed by atoms with E-state index in [1.165, 1.54) is 43.5 Å². The molecule has 0 saturated heterocycles. The first-order valence-corrected chi connectivity index (χ1v) is 9.32. The van der Waals surface area contributed by atoms with Crippen LogP contribution in [0.25, 0.3) is 0 Å². The number of carbonyl (C=O) groups excluding carboxylic acids is 2. The Morgan fingerprint density at radius 1 is 1.08 bits per heavy atom. The molecule has 2 aromatic rings. The van der Waals surface area contributed by atoms with Crippen molar-refractivity contribution in [2.45, 2.75) is 24.3 Å². The largest absolute Gasteiger partial charge is 0.466 e. The van der Waals surface area contributed by atoms with Gasteiger partial charge in [-0.2, -0.15) is 0 Å². The van der Waals surface area contributed by atoms with Crippen LogP contribution >= 0.6 is 0 Å². The topological polar surface area (TPSA) is 98.8 Å². The Hall–Kier alpha value is -2.87. The number of hydrogen-bond donors (Lipinski definition) is 1. The number of sulfonamides is 1. The van der Waals surface area contributed by atoms with Gasteiger partial charge in [0.1, 0.15) is 0 Å². The summed E-state index contributed by atoms with van der Waals surface area (Å²) in [6.45, 7) is 1.68. The zero-order valence-electron chi connectivity index (χ0n) is 14.3. The molecule has 0 saturated carbocycles. The van der Waals surface area contributed by atoms with Gasteiger partial charge in [-0.25, -0.2) is 18.0 Å². The number of rotatable bonds is 7. The van der Waals surface area contributed by atoms with Crippen LogP contribution in [0.4, 0.5) is 5.69 Å². The zero-order valence-corrected chi connectivity index (χ0v) is 15.2. The van der Waals surface area contributed by atoms with E-state index in [1.54, 1.807) is 25.1 Å². The number of nitrogens with one attached hydrogen (secondary N) is 1. The van der Waals surface area contributed by atoms with Gasteiger partial charge >= 0.3 is 11.9 Å². The summed E-state index contributed by atoms with van der Waals surface area (Å²) in [5.74, 6) is -1.40. The van der Waals surface area contributed by atoms with E-state index in [9.17, 15) is 18.0 Å². The molecule has 0 fully saturated rings. The number of hydrogen-bond acceptors (Lipinski definition) is 6. The van der Waals surface area contributed by atoms with E-state index in [-0.39, 0.29) is 22.6 Å². The fraction of sp³-hybridized carbons (Fsp3) is 0.222. The average molecular weight is 377 g/mol. The molecule has 2 rings (SSSR count). The van der Waals surface area contributed by atoms with Crippen LogP contribution in [0.15, 0.2) is 59.5 Å². The molecule has 0 aromatic heterocycles. The summed E-state index contributed by atoms with van der Waals surface area (Å²) < 4.78 is 36.8. The molecule has 1 N–H and O–H groups in total. The molecule has 0 aliphatic carbocycles. The van der Waals surface area contributed by atoms with E-state index in [0.29, 0.717) is 0 Å². The second-order valence-electron chi connectivity index (χ2n) is 5.32. The van der Waals surface area contributed by atoms with Gasteiger partial charge in [0, 0.05) is 5.69 Å². The third-order valence-electron chi connectivity index (χ3n) is 3.49. The average Bonchev–Trinajstić information content (AvgIpc) is 2.65. The lowest BCUT2D eigenvalue weighted by Gasteiger charge is -2.14. The SMILES string of the molecule is CC[C@H](OC(=O)c1cccc(NS(=O)(=O)c2ccccc2)c1)C(=O)OC. The Balaban J connectivity index is 2.17. The van der Waals surface area contributed by atoms with E-state index < -0.39 is 28.1 Å². The molecule has 0 amide bonds. The minimum atomic E-state index is -3.78. The van der Waals surface area contributed by atoms with E-state index in [0.717, 1.165) is 0 Å². The third kappa shape index (κ3) is 4.82. The van der Waals surface area contributed by atoms with Crippen LogP contribution < -0.4 is 4.72 Å². The van der Waals surface area contributed by atoms with Crippen molar-refractivity contribution >= 4 is 27.6 Å². The van der Waals surface area contributed by atoms with Crippen molar-refractivity contribution in [2.24, 2.45) is 0 Å². The van der Waals surface area contributed by atoms with Gasteiger partial charge in [-0.05, 0) is 36.8 Å². The van der Waals surface area contributed by atoms with E-state index in [4.69, 9.17) is 4.74 Å². The number of anilines is 1. The lowest BCUT2D eigenvalue weighted by Crippen LogP contribution is -2.27. The van der Waals surface area contributed by atoms with Crippen LogP contribution in [-0.4, -0.2) is 33.6 Å². The summed E-state index contributed by atoms with van der Waals surface area (Å²) >= 11 is 0. The molecule has 0 unspecified atom stereocenters. The smallest absolute Gasteiger partial charge is 0.347 e. The Kier molecular flexibility index (Phi) is 6.35. The third-order valence-corrected chi connectivity index (χ3v) is 4.89. The first-order chi connectivity index (χ1) is 12.4. The van der Waals surface area contributed by atoms with Gasteiger partial charge in [0.05, 0.1) is 17.6 Å². The summed E-state index contributed by atoms with van der Waals surface area (Å²) in [5.41, 5.74) is 0.315. The maximum absolute atomic E-state index is 12.3. The van der Waals surface area contributed by atoms with Crippen molar-refractivity contribution in [1.29, 1.82) is 0 Å². The molecule has 2 aromatic carbocycles. The van der Waals surface area contributed by atoms with Crippen LogP contribution in [0.3, 0.4) is 0 Å². The van der Waals surface area contributed by atoms with Crippen LogP contribution in [0.1, 0.15) is 23.7 Å². The monoisotopic (exact) mass is 377 g/mol. The molecule has 0 aliphatic rings. The van der Waals surface area contributed by atoms with Gasteiger partial charge in [0.25, 0.3) is 10.0 Å². The second kappa shape index (κ2) is 8.48. The van der Waals surface area contributed by atoms with Gasteiger partial charge < -0.3 is 9.47 Å². The van der Waals surface area contributed by atoms with Crippen LogP contribution in [-0.2, 0) is 24.3 Å². The molecule has 8 heteroatoms. The van der Waals surface area contributed by atoms with Crippen LogP contribution in [0, 0.1) is 0 Å². The highest BCUT2D eigenvalue weighted by Gasteiger charge is 2.23. The fourth-order valence-electron chi connectivity index (χ4n) is 2.15. The lowest BCUT2D eigenvalue weighted by molar-refractivity contribution is -0.151. The Morgan fingerprint density at radius 3 is 2.38 bits per heavy atom. The summed E-state index contributed by atoms with van der Waals surface area (Å²) in [6.07, 6.45) is -0.754. The Labute approximate surface area is 152 Å². The zero-order chi connectivity index (χ0) is 19.2. The van der Waals surface area contributed by atoms with Crippen molar-refractivity contribution in [3.63, 3.8) is 0 Å². The van der Waals surface area contributed by atoms with Gasteiger partial charge in [0.2, 0.25) is 0 Å². The first-order valence-electron chi connectivity index (χ1n) is 7.84. The number of methoxy groups -OCH3 is 1. The number of benzene rings is 2. The molecule has 26 heavy (non-hydrogen) atoms. The lowest BCUT2D eigenvalue weighted by atomic mass is 10.2. The molecule has 0 heterocycles. The maximum atomic E-state index is 12.3. The minimum absolute atomic E-state index is 0.102. The molecular formula is C18H19NO6S. The standard InChI is InChI=1S/C18H19NO6S/c1-3-16(18(21)24-2)25-17(20)13-8-7-9-14(12-13)19-26(22,23)15-10-5-4-6-11-15/h4-12,16,19H,3H2,1-2H3/t16-/m0/s1. The predicted molar refractivity (Wildman–Crippen MR) is 95.2 cm³/mol. The van der Waals surface area contributed by atoms with Crippen LogP contribution in [0.2, 0.25) is 0 Å². The van der Waals surface area contributed by atoms with Gasteiger partial charge in [-0.1, -0.05) is 31.2 Å². The van der Waals surface area contributed by atoms with Gasteiger partial charge in [-0.3, -0.25) is 4.72 Å². The van der Waals surface area contributed by atoms with Crippen molar-refractivity contribution in [1.82, 2.24) is 0 Å². The van der Waals surface area contributed by atoms with Gasteiger partial charge in [0.15, 0.2) is 6.10 Å². The molecule has 0 spiro atoms. The molecule has 0 aliphatic heterocycles. The summed E-state index contributed by atoms with van der Waals surface area (Å²) in [6, 6.07) is 13.7. The maximum Gasteiger partial charge on any atom is 0.347 e. The fourth-order valence-corrected chi connectivity index (χ4v) is 3.22. The summed E-state index contributed by atoms with van der Waals surface area (Å²) in [7, 11) is -2.57. The number of esters is 2. The van der Waals surface area contributed by atoms with E-state index in [1.807, 2.05) is 0 Å². The van der Waals surface area contributed by atoms with Crippen molar-refractivity contribution in [2.75, 3.05) is 11.8 Å². The number of carbonyl (C=O) groups is 2. The van der Waals surface area contributed by atoms with Gasteiger partial charge in [-0.15, -0.1) is 0 Å². The molecule has 0 bridgehead atoms. The minimum Gasteiger partial charge on any atom is -0.466 e. The summed E-state index contributed by atoms with van der Waals surface area (Å²) in [5, 5.41) is 0.